The van der Waals surface area contributed by atoms with Crippen molar-refractivity contribution >= 4 is 17.1 Å². The van der Waals surface area contributed by atoms with Gasteiger partial charge in [0.2, 0.25) is 0 Å². The van der Waals surface area contributed by atoms with E-state index in [-0.39, 0.29) is 0 Å². The summed E-state index contributed by atoms with van der Waals surface area (Å²) in [5, 5.41) is 2.04. The zero-order valence-electron chi connectivity index (χ0n) is 17.6. The summed E-state index contributed by atoms with van der Waals surface area (Å²) in [5.41, 5.74) is 20.0. The van der Waals surface area contributed by atoms with Crippen molar-refractivity contribution in [3.05, 3.63) is 84.2 Å². The van der Waals surface area contributed by atoms with Crippen LogP contribution in [0.25, 0.3) is 17.0 Å². The molecule has 6 nitrogen and oxygen atoms in total. The molecule has 5 rings (SSSR count). The Morgan fingerprint density at radius 3 is 2.61 bits per heavy atom. The summed E-state index contributed by atoms with van der Waals surface area (Å²) < 4.78 is 0. The lowest BCUT2D eigenvalue weighted by atomic mass is 10.0. The van der Waals surface area contributed by atoms with E-state index in [1.54, 1.807) is 0 Å². The van der Waals surface area contributed by atoms with Gasteiger partial charge in [0.1, 0.15) is 0 Å². The molecule has 6 heteroatoms. The molecule has 1 aromatic heterocycles. The topological polar surface area (TPSA) is 69.5 Å². The molecule has 0 saturated carbocycles. The summed E-state index contributed by atoms with van der Waals surface area (Å²) in [5.74, 6) is 0. The Kier molecular flexibility index (Phi) is 5.46. The second kappa shape index (κ2) is 8.70. The molecule has 0 atom stereocenters. The summed E-state index contributed by atoms with van der Waals surface area (Å²) in [6.45, 7) is 2.99. The molecule has 0 unspecified atom stereocenters. The van der Waals surface area contributed by atoms with Gasteiger partial charge in [0.25, 0.3) is 0 Å². The first-order chi connectivity index (χ1) is 15.3. The van der Waals surface area contributed by atoms with Crippen molar-refractivity contribution in [2.24, 2.45) is 0 Å². The number of nitrogens with two attached hydrogens (primary N) is 1. The van der Waals surface area contributed by atoms with Gasteiger partial charge in [0.05, 0.1) is 17.9 Å². The first-order valence-electron chi connectivity index (χ1n) is 10.9. The molecule has 2 aliphatic heterocycles. The molecule has 1 saturated heterocycles. The Labute approximate surface area is 183 Å². The normalized spacial score (nSPS) is 16.2. The molecule has 1 fully saturated rings. The monoisotopic (exact) mass is 412 g/mol. The largest absolute Gasteiger partial charge is 0.398 e. The second-order valence-electron chi connectivity index (χ2n) is 8.14. The first-order valence-corrected chi connectivity index (χ1v) is 10.9. The summed E-state index contributed by atoms with van der Waals surface area (Å²) in [4.78, 5) is 7.07. The predicted octanol–water partition coefficient (Wildman–Crippen LogP) is 4.14. The molecule has 0 radical (unpaired) electrons. The third kappa shape index (κ3) is 4.34. The number of hydrogen-bond acceptors (Lipinski definition) is 6. The predicted molar refractivity (Wildman–Crippen MR) is 126 cm³/mol. The van der Waals surface area contributed by atoms with E-state index >= 15 is 0 Å². The van der Waals surface area contributed by atoms with Crippen LogP contribution in [0.4, 0.5) is 11.4 Å². The average molecular weight is 413 g/mol. The van der Waals surface area contributed by atoms with Gasteiger partial charge in [-0.2, -0.15) is 0 Å². The number of rotatable bonds is 5. The number of anilines is 2. The third-order valence-corrected chi connectivity index (χ3v) is 5.92. The van der Waals surface area contributed by atoms with Crippen molar-refractivity contribution in [2.45, 2.75) is 25.8 Å². The van der Waals surface area contributed by atoms with Crippen molar-refractivity contribution in [3.8, 4) is 11.3 Å². The van der Waals surface area contributed by atoms with E-state index in [1.807, 2.05) is 29.4 Å². The molecule has 0 bridgehead atoms. The fourth-order valence-electron chi connectivity index (χ4n) is 4.22. The van der Waals surface area contributed by atoms with Crippen molar-refractivity contribution in [2.75, 3.05) is 23.7 Å². The second-order valence-corrected chi connectivity index (χ2v) is 8.14. The lowest BCUT2D eigenvalue weighted by molar-refractivity contribution is 0.265. The number of nitrogens with zero attached hydrogens (tertiary/aromatic N) is 3. The molecular formula is C25H28N6. The Balaban J connectivity index is 1.39. The summed E-state index contributed by atoms with van der Waals surface area (Å²) in [6.07, 6.45) is 7.75. The number of piperidine rings is 1. The SMILES string of the molecule is Nc1ccc(N2CCCCC2)cc1-c1cc(C2=CN(Cc3ccccc3)NN2)ccn1. The molecule has 0 amide bonds. The van der Waals surface area contributed by atoms with E-state index in [1.165, 1.54) is 30.5 Å². The highest BCUT2D eigenvalue weighted by Crippen LogP contribution is 2.31. The molecule has 158 valence electrons. The van der Waals surface area contributed by atoms with Crippen molar-refractivity contribution in [3.63, 3.8) is 0 Å². The highest BCUT2D eigenvalue weighted by Gasteiger charge is 2.16. The number of nitrogen functional groups attached to an aromatic ring is 1. The minimum atomic E-state index is 0.752. The van der Waals surface area contributed by atoms with Gasteiger partial charge in [-0.1, -0.05) is 30.3 Å². The van der Waals surface area contributed by atoms with E-state index in [4.69, 9.17) is 5.73 Å². The standard InChI is InChI=1S/C25H28N6/c26-23-10-9-21(30-13-5-2-6-14-30)16-22(23)24-15-20(11-12-27-24)25-18-31(29-28-25)17-19-7-3-1-4-8-19/h1,3-4,7-12,15-16,18,28-29H,2,5-6,13-14,17,26H2. The quantitative estimate of drug-likeness (QED) is 0.547. The van der Waals surface area contributed by atoms with Crippen molar-refractivity contribution < 1.29 is 0 Å². The number of hydrogen-bond donors (Lipinski definition) is 3. The first kappa shape index (κ1) is 19.5. The minimum absolute atomic E-state index is 0.752. The van der Waals surface area contributed by atoms with Gasteiger partial charge in [-0.15, -0.1) is 5.53 Å². The molecule has 31 heavy (non-hydrogen) atoms. The number of pyridine rings is 1. The Hall–Kier alpha value is -3.51. The fourth-order valence-corrected chi connectivity index (χ4v) is 4.22. The zero-order chi connectivity index (χ0) is 21.0. The summed E-state index contributed by atoms with van der Waals surface area (Å²) in [6, 6.07) is 20.8. The number of hydrazine groups is 2. The number of aromatic nitrogens is 1. The van der Waals surface area contributed by atoms with Gasteiger partial charge < -0.3 is 16.1 Å². The van der Waals surface area contributed by atoms with Crippen LogP contribution in [0.2, 0.25) is 0 Å². The van der Waals surface area contributed by atoms with Crippen LogP contribution < -0.4 is 21.6 Å². The van der Waals surface area contributed by atoms with Gasteiger partial charge in [-0.25, -0.2) is 0 Å². The zero-order valence-corrected chi connectivity index (χ0v) is 17.6. The minimum Gasteiger partial charge on any atom is -0.398 e. The molecule has 2 aromatic carbocycles. The van der Waals surface area contributed by atoms with Crippen molar-refractivity contribution in [1.29, 1.82) is 0 Å². The van der Waals surface area contributed by atoms with Crippen LogP contribution in [0.3, 0.4) is 0 Å². The van der Waals surface area contributed by atoms with Crippen LogP contribution >= 0.6 is 0 Å². The smallest absolute Gasteiger partial charge is 0.0753 e. The lowest BCUT2D eigenvalue weighted by Gasteiger charge is -2.29. The van der Waals surface area contributed by atoms with Crippen LogP contribution in [0, 0.1) is 0 Å². The maximum Gasteiger partial charge on any atom is 0.0753 e. The van der Waals surface area contributed by atoms with E-state index in [9.17, 15) is 0 Å². The van der Waals surface area contributed by atoms with Gasteiger partial charge in [-0.05, 0) is 55.2 Å². The van der Waals surface area contributed by atoms with Crippen LogP contribution in [0.15, 0.2) is 73.1 Å². The average Bonchev–Trinajstić information content (AvgIpc) is 3.29. The molecule has 4 N–H and O–H groups in total. The van der Waals surface area contributed by atoms with E-state index in [0.29, 0.717) is 0 Å². The van der Waals surface area contributed by atoms with E-state index in [2.05, 4.69) is 69.5 Å². The molecule has 3 heterocycles. The van der Waals surface area contributed by atoms with Gasteiger partial charge in [0, 0.05) is 48.0 Å². The van der Waals surface area contributed by atoms with Crippen LogP contribution in [-0.4, -0.2) is 23.1 Å². The van der Waals surface area contributed by atoms with Crippen LogP contribution in [0.5, 0.6) is 0 Å². The molecule has 3 aromatic rings. The fraction of sp³-hybridized carbons (Fsp3) is 0.240. The van der Waals surface area contributed by atoms with Crippen LogP contribution in [-0.2, 0) is 6.54 Å². The number of benzene rings is 2. The maximum absolute atomic E-state index is 6.35. The molecule has 0 spiro atoms. The lowest BCUT2D eigenvalue weighted by Crippen LogP contribution is -2.35. The van der Waals surface area contributed by atoms with Crippen LogP contribution in [0.1, 0.15) is 30.4 Å². The summed E-state index contributed by atoms with van der Waals surface area (Å²) >= 11 is 0. The molecule has 0 aliphatic carbocycles. The maximum atomic E-state index is 6.35. The van der Waals surface area contributed by atoms with Crippen molar-refractivity contribution in [1.82, 2.24) is 21.0 Å². The van der Waals surface area contributed by atoms with E-state index < -0.39 is 0 Å². The Bertz CT molecular complexity index is 1070. The van der Waals surface area contributed by atoms with Gasteiger partial charge >= 0.3 is 0 Å². The molecular weight excluding hydrogens is 384 g/mol. The Morgan fingerprint density at radius 2 is 1.77 bits per heavy atom. The summed E-state index contributed by atoms with van der Waals surface area (Å²) in [7, 11) is 0. The Morgan fingerprint density at radius 1 is 0.935 bits per heavy atom. The number of nitrogens with one attached hydrogen (secondary N) is 2. The van der Waals surface area contributed by atoms with Gasteiger partial charge in [-0.3, -0.25) is 9.99 Å². The highest BCUT2D eigenvalue weighted by molar-refractivity contribution is 5.80. The third-order valence-electron chi connectivity index (χ3n) is 5.92. The van der Waals surface area contributed by atoms with Gasteiger partial charge in [0.15, 0.2) is 0 Å². The molecule has 2 aliphatic rings. The highest BCUT2D eigenvalue weighted by atomic mass is 15.7. The van der Waals surface area contributed by atoms with E-state index in [0.717, 1.165) is 47.8 Å².